The predicted octanol–water partition coefficient (Wildman–Crippen LogP) is 3.38. The number of nitro benzene ring substituents is 1. The lowest BCUT2D eigenvalue weighted by molar-refractivity contribution is -0.386. The van der Waals surface area contributed by atoms with Crippen molar-refractivity contribution in [2.45, 2.75) is 6.18 Å². The Kier molecular flexibility index (Phi) is 2.79. The van der Waals surface area contributed by atoms with Gasteiger partial charge < -0.3 is 0 Å². The first-order chi connectivity index (χ1) is 6.34. The maximum atomic E-state index is 12.2. The smallest absolute Gasteiger partial charge is 0.258 e. The highest BCUT2D eigenvalue weighted by Gasteiger charge is 2.35. The maximum absolute atomic E-state index is 12.2. The Morgan fingerprint density at radius 2 is 1.93 bits per heavy atom. The van der Waals surface area contributed by atoms with Gasteiger partial charge in [0.15, 0.2) is 0 Å². The summed E-state index contributed by atoms with van der Waals surface area (Å²) in [5.74, 6) is 0. The number of hydrogen-bond acceptors (Lipinski definition) is 2. The van der Waals surface area contributed by atoms with Crippen molar-refractivity contribution in [2.24, 2.45) is 0 Å². The molecule has 14 heavy (non-hydrogen) atoms. The second-order valence-corrected chi connectivity index (χ2v) is 3.19. The number of hydrogen-bond donors (Lipinski definition) is 0. The van der Waals surface area contributed by atoms with Crippen LogP contribution in [-0.2, 0) is 6.18 Å². The first-order valence-corrected chi connectivity index (χ1v) is 4.13. The van der Waals surface area contributed by atoms with Crippen molar-refractivity contribution >= 4 is 21.6 Å². The van der Waals surface area contributed by atoms with E-state index in [1.54, 1.807) is 0 Å². The zero-order valence-corrected chi connectivity index (χ0v) is 8.09. The van der Waals surface area contributed by atoms with E-state index >= 15 is 0 Å². The molecule has 0 aliphatic rings. The molecule has 76 valence electrons. The molecule has 0 aliphatic heterocycles. The van der Waals surface area contributed by atoms with E-state index in [1.165, 1.54) is 0 Å². The molecule has 0 heterocycles. The van der Waals surface area contributed by atoms with Crippen molar-refractivity contribution in [1.29, 1.82) is 0 Å². The lowest BCUT2D eigenvalue weighted by Gasteiger charge is -2.08. The molecule has 0 N–H and O–H groups in total. The van der Waals surface area contributed by atoms with Crippen LogP contribution in [0.1, 0.15) is 5.56 Å². The molecule has 1 aromatic rings. The third kappa shape index (κ3) is 2.03. The van der Waals surface area contributed by atoms with Crippen molar-refractivity contribution in [3.63, 3.8) is 0 Å². The largest absolute Gasteiger partial charge is 0.417 e. The molecular formula is C7H3BrF3NO2. The number of halogens is 4. The number of nitrogens with zero attached hydrogens (tertiary/aromatic N) is 1. The van der Waals surface area contributed by atoms with Crippen molar-refractivity contribution in [3.05, 3.63) is 38.3 Å². The molecule has 0 saturated carbocycles. The summed E-state index contributed by atoms with van der Waals surface area (Å²) in [5.41, 5.74) is -1.65. The van der Waals surface area contributed by atoms with Gasteiger partial charge in [-0.05, 0) is 22.0 Å². The van der Waals surface area contributed by atoms with E-state index in [0.717, 1.165) is 18.2 Å². The Morgan fingerprint density at radius 3 is 2.36 bits per heavy atom. The molecule has 3 nitrogen and oxygen atoms in total. The minimum atomic E-state index is -4.59. The van der Waals surface area contributed by atoms with Crippen LogP contribution in [0.4, 0.5) is 18.9 Å². The Labute approximate surface area is 84.8 Å². The highest BCUT2D eigenvalue weighted by Crippen LogP contribution is 2.38. The molecule has 0 fully saturated rings. The minimum Gasteiger partial charge on any atom is -0.258 e. The van der Waals surface area contributed by atoms with Crippen LogP contribution in [0.25, 0.3) is 0 Å². The van der Waals surface area contributed by atoms with Gasteiger partial charge in [-0.3, -0.25) is 10.1 Å². The van der Waals surface area contributed by atoms with E-state index in [0.29, 0.717) is 0 Å². The maximum Gasteiger partial charge on any atom is 0.417 e. The molecule has 0 saturated heterocycles. The standard InChI is InChI=1S/C7H3BrF3NO2/c8-6-4(7(9,10)11)2-1-3-5(6)12(13)14/h1-3H. The second kappa shape index (κ2) is 3.56. The fraction of sp³-hybridized carbons (Fsp3) is 0.143. The highest BCUT2D eigenvalue weighted by molar-refractivity contribution is 9.10. The van der Waals surface area contributed by atoms with Gasteiger partial charge in [0, 0.05) is 6.07 Å². The third-order valence-corrected chi connectivity index (χ3v) is 2.31. The third-order valence-electron chi connectivity index (χ3n) is 1.48. The summed E-state index contributed by atoms with van der Waals surface area (Å²) >= 11 is 2.56. The quantitative estimate of drug-likeness (QED) is 0.580. The summed E-state index contributed by atoms with van der Waals surface area (Å²) in [6, 6.07) is 2.77. The second-order valence-electron chi connectivity index (χ2n) is 2.39. The van der Waals surface area contributed by atoms with Gasteiger partial charge in [0.05, 0.1) is 10.5 Å². The van der Waals surface area contributed by atoms with E-state index in [-0.39, 0.29) is 0 Å². The van der Waals surface area contributed by atoms with Gasteiger partial charge in [0.25, 0.3) is 5.69 Å². The van der Waals surface area contributed by atoms with E-state index in [2.05, 4.69) is 15.9 Å². The zero-order chi connectivity index (χ0) is 10.9. The van der Waals surface area contributed by atoms with Gasteiger partial charge in [0.1, 0.15) is 4.47 Å². The van der Waals surface area contributed by atoms with E-state index < -0.39 is 26.8 Å². The van der Waals surface area contributed by atoms with Gasteiger partial charge in [-0.2, -0.15) is 13.2 Å². The first kappa shape index (κ1) is 11.0. The predicted molar refractivity (Wildman–Crippen MR) is 45.8 cm³/mol. The number of rotatable bonds is 1. The monoisotopic (exact) mass is 269 g/mol. The zero-order valence-electron chi connectivity index (χ0n) is 6.51. The van der Waals surface area contributed by atoms with Crippen LogP contribution in [-0.4, -0.2) is 4.92 Å². The first-order valence-electron chi connectivity index (χ1n) is 3.34. The van der Waals surface area contributed by atoms with Crippen molar-refractivity contribution in [3.8, 4) is 0 Å². The Hall–Kier alpha value is -1.11. The van der Waals surface area contributed by atoms with E-state index in [1.807, 2.05) is 0 Å². The highest BCUT2D eigenvalue weighted by atomic mass is 79.9. The molecule has 0 aromatic heterocycles. The molecule has 1 aromatic carbocycles. The molecule has 0 spiro atoms. The van der Waals surface area contributed by atoms with Crippen molar-refractivity contribution < 1.29 is 18.1 Å². The molecule has 0 bridgehead atoms. The van der Waals surface area contributed by atoms with Gasteiger partial charge in [-0.15, -0.1) is 0 Å². The molecule has 0 atom stereocenters. The van der Waals surface area contributed by atoms with E-state index in [9.17, 15) is 23.3 Å². The lowest BCUT2D eigenvalue weighted by atomic mass is 10.2. The number of alkyl halides is 3. The van der Waals surface area contributed by atoms with Gasteiger partial charge in [-0.25, -0.2) is 0 Å². The summed E-state index contributed by atoms with van der Waals surface area (Å²) in [6.07, 6.45) is -4.59. The van der Waals surface area contributed by atoms with Crippen molar-refractivity contribution in [2.75, 3.05) is 0 Å². The summed E-state index contributed by atoms with van der Waals surface area (Å²) in [7, 11) is 0. The molecule has 0 unspecified atom stereocenters. The minimum absolute atomic E-state index is 0.544. The molecule has 1 rings (SSSR count). The Bertz CT molecular complexity index is 378. The van der Waals surface area contributed by atoms with Crippen LogP contribution in [0.5, 0.6) is 0 Å². The lowest BCUT2D eigenvalue weighted by Crippen LogP contribution is -2.07. The summed E-state index contributed by atoms with van der Waals surface area (Å²) in [4.78, 5) is 9.43. The van der Waals surface area contributed by atoms with Crippen LogP contribution in [0, 0.1) is 10.1 Å². The van der Waals surface area contributed by atoms with E-state index in [4.69, 9.17) is 0 Å². The Balaban J connectivity index is 3.35. The van der Waals surface area contributed by atoms with Crippen LogP contribution >= 0.6 is 15.9 Å². The molecule has 0 radical (unpaired) electrons. The van der Waals surface area contributed by atoms with Crippen LogP contribution < -0.4 is 0 Å². The fourth-order valence-corrected chi connectivity index (χ4v) is 1.51. The van der Waals surface area contributed by atoms with Crippen LogP contribution in [0.3, 0.4) is 0 Å². The topological polar surface area (TPSA) is 43.1 Å². The van der Waals surface area contributed by atoms with Crippen LogP contribution in [0.15, 0.2) is 22.7 Å². The molecule has 0 aliphatic carbocycles. The van der Waals surface area contributed by atoms with Gasteiger partial charge in [-0.1, -0.05) is 6.07 Å². The summed E-state index contributed by atoms with van der Waals surface area (Å²) < 4.78 is 36.2. The molecule has 7 heteroatoms. The Morgan fingerprint density at radius 1 is 1.36 bits per heavy atom. The number of nitro groups is 1. The molecule has 0 amide bonds. The fourth-order valence-electron chi connectivity index (χ4n) is 0.880. The van der Waals surface area contributed by atoms with Gasteiger partial charge >= 0.3 is 6.18 Å². The normalized spacial score (nSPS) is 11.4. The average Bonchev–Trinajstić information content (AvgIpc) is 2.01. The SMILES string of the molecule is O=[N+]([O-])c1cccc(C(F)(F)F)c1Br. The molecular weight excluding hydrogens is 267 g/mol. The van der Waals surface area contributed by atoms with Gasteiger partial charge in [0.2, 0.25) is 0 Å². The number of benzene rings is 1. The summed E-state index contributed by atoms with van der Waals surface area (Å²) in [6.45, 7) is 0. The average molecular weight is 270 g/mol. The summed E-state index contributed by atoms with van der Waals surface area (Å²) in [5, 5.41) is 10.3. The van der Waals surface area contributed by atoms with Crippen molar-refractivity contribution in [1.82, 2.24) is 0 Å². The van der Waals surface area contributed by atoms with Crippen LogP contribution in [0.2, 0.25) is 0 Å².